The molecule has 0 saturated carbocycles. The lowest BCUT2D eigenvalue weighted by Crippen LogP contribution is -2.32. The van der Waals surface area contributed by atoms with E-state index in [1.807, 2.05) is 37.5 Å². The zero-order valence-electron chi connectivity index (χ0n) is 15.3. The molecule has 26 heavy (non-hydrogen) atoms. The van der Waals surface area contributed by atoms with E-state index in [0.717, 1.165) is 44.5 Å². The number of allylic oxidation sites excluding steroid dienone is 1. The maximum Gasteiger partial charge on any atom is 0.216 e. The van der Waals surface area contributed by atoms with Crippen LogP contribution in [0.5, 0.6) is 0 Å². The summed E-state index contributed by atoms with van der Waals surface area (Å²) in [6, 6.07) is 18.6. The van der Waals surface area contributed by atoms with Crippen LogP contribution in [0.4, 0.5) is 5.69 Å². The number of rotatable bonds is 3. The fourth-order valence-corrected chi connectivity index (χ4v) is 3.52. The first kappa shape index (κ1) is 16.3. The number of aromatic nitrogens is 1. The molecule has 3 heteroatoms. The van der Waals surface area contributed by atoms with E-state index in [2.05, 4.69) is 60.5 Å². The molecule has 0 saturated heterocycles. The van der Waals surface area contributed by atoms with Gasteiger partial charge in [-0.25, -0.2) is 4.57 Å². The van der Waals surface area contributed by atoms with Crippen LogP contribution in [0.1, 0.15) is 25.3 Å². The minimum atomic E-state index is 0.771. The Balaban J connectivity index is 2.10. The van der Waals surface area contributed by atoms with E-state index in [0.29, 0.717) is 0 Å². The van der Waals surface area contributed by atoms with Crippen LogP contribution in [0, 0.1) is 0 Å². The summed E-state index contributed by atoms with van der Waals surface area (Å²) in [5.74, 6) is 0.771. The fraction of sp³-hybridized carbons (Fsp3) is 0.130. The second kappa shape index (κ2) is 6.26. The van der Waals surface area contributed by atoms with Gasteiger partial charge in [-0.3, -0.25) is 4.99 Å². The van der Waals surface area contributed by atoms with Crippen molar-refractivity contribution in [3.8, 4) is 0 Å². The second-order valence-electron chi connectivity index (χ2n) is 6.67. The molecule has 0 aliphatic heterocycles. The number of aryl methyl sites for hydroxylation is 1. The van der Waals surface area contributed by atoms with Gasteiger partial charge in [0.1, 0.15) is 18.3 Å². The molecule has 3 nitrogen and oxygen atoms in total. The largest absolute Gasteiger partial charge is 0.453 e. The predicted octanol–water partition coefficient (Wildman–Crippen LogP) is 5.58. The van der Waals surface area contributed by atoms with Gasteiger partial charge in [-0.2, -0.15) is 0 Å². The van der Waals surface area contributed by atoms with E-state index >= 15 is 0 Å². The van der Waals surface area contributed by atoms with Crippen molar-refractivity contribution in [2.45, 2.75) is 13.8 Å². The van der Waals surface area contributed by atoms with Crippen molar-refractivity contribution in [1.29, 1.82) is 0 Å². The molecule has 2 aromatic carbocycles. The summed E-state index contributed by atoms with van der Waals surface area (Å²) in [4.78, 5) is 4.34. The first-order valence-corrected chi connectivity index (χ1v) is 8.65. The third-order valence-corrected chi connectivity index (χ3v) is 4.75. The van der Waals surface area contributed by atoms with Crippen LogP contribution in [-0.2, 0) is 7.05 Å². The van der Waals surface area contributed by atoms with Gasteiger partial charge in [0.15, 0.2) is 12.0 Å². The molecule has 0 unspecified atom stereocenters. The summed E-state index contributed by atoms with van der Waals surface area (Å²) in [6.45, 7) is 8.01. The van der Waals surface area contributed by atoms with Crippen molar-refractivity contribution in [1.82, 2.24) is 0 Å². The maximum atomic E-state index is 6.43. The first-order valence-electron chi connectivity index (χ1n) is 8.65. The monoisotopic (exact) mass is 341 g/mol. The minimum absolute atomic E-state index is 0.771. The number of hydrogen-bond acceptors (Lipinski definition) is 2. The lowest BCUT2D eigenvalue weighted by molar-refractivity contribution is -0.673. The Labute approximate surface area is 152 Å². The quantitative estimate of drug-likeness (QED) is 0.353. The molecule has 128 valence electrons. The Morgan fingerprint density at radius 2 is 1.73 bits per heavy atom. The highest BCUT2D eigenvalue weighted by Gasteiger charge is 2.25. The Bertz CT molecular complexity index is 1180. The van der Waals surface area contributed by atoms with Crippen LogP contribution in [0.2, 0.25) is 0 Å². The van der Waals surface area contributed by atoms with E-state index in [1.54, 1.807) is 0 Å². The van der Waals surface area contributed by atoms with Crippen molar-refractivity contribution in [2.75, 3.05) is 0 Å². The highest BCUT2D eigenvalue weighted by atomic mass is 16.3. The Morgan fingerprint density at radius 1 is 0.962 bits per heavy atom. The van der Waals surface area contributed by atoms with Gasteiger partial charge in [-0.05, 0) is 38.1 Å². The van der Waals surface area contributed by atoms with Crippen LogP contribution in [0.25, 0.3) is 27.3 Å². The highest BCUT2D eigenvalue weighted by Crippen LogP contribution is 2.42. The molecule has 0 aliphatic carbocycles. The van der Waals surface area contributed by atoms with Crippen molar-refractivity contribution in [2.24, 2.45) is 12.0 Å². The van der Waals surface area contributed by atoms with Crippen molar-refractivity contribution in [3.63, 3.8) is 0 Å². The molecule has 0 spiro atoms. The van der Waals surface area contributed by atoms with E-state index in [1.165, 1.54) is 5.57 Å². The Hall–Kier alpha value is -3.20. The first-order chi connectivity index (χ1) is 12.6. The molecule has 0 aliphatic rings. The zero-order chi connectivity index (χ0) is 18.3. The van der Waals surface area contributed by atoms with Gasteiger partial charge in [-0.1, -0.05) is 35.9 Å². The minimum Gasteiger partial charge on any atom is -0.453 e. The number of furan rings is 1. The molecular formula is C23H21N2O+. The summed E-state index contributed by atoms with van der Waals surface area (Å²) < 4.78 is 8.53. The van der Waals surface area contributed by atoms with Crippen LogP contribution < -0.4 is 4.57 Å². The molecule has 4 aromatic rings. The van der Waals surface area contributed by atoms with Gasteiger partial charge in [0.2, 0.25) is 5.69 Å². The molecule has 0 amide bonds. The lowest BCUT2D eigenvalue weighted by Gasteiger charge is -2.06. The molecule has 0 atom stereocenters. The van der Waals surface area contributed by atoms with Crippen LogP contribution in [0.15, 0.2) is 75.8 Å². The third-order valence-electron chi connectivity index (χ3n) is 4.75. The number of hydrogen-bond donors (Lipinski definition) is 0. The second-order valence-corrected chi connectivity index (χ2v) is 6.67. The highest BCUT2D eigenvalue weighted by molar-refractivity contribution is 6.10. The SMILES string of the molecule is C=Nc1c(C(=C(C)C)c2cccc[n+]2C)oc2c1ccc1ccccc12. The van der Waals surface area contributed by atoms with Crippen molar-refractivity contribution >= 4 is 39.7 Å². The van der Waals surface area contributed by atoms with E-state index < -0.39 is 0 Å². The summed E-state index contributed by atoms with van der Waals surface area (Å²) in [7, 11) is 2.04. The maximum absolute atomic E-state index is 6.43. The van der Waals surface area contributed by atoms with Gasteiger partial charge >= 0.3 is 0 Å². The summed E-state index contributed by atoms with van der Waals surface area (Å²) in [5, 5.41) is 3.23. The summed E-state index contributed by atoms with van der Waals surface area (Å²) in [5.41, 5.74) is 4.96. The van der Waals surface area contributed by atoms with Crippen LogP contribution in [0.3, 0.4) is 0 Å². The number of nitrogens with zero attached hydrogens (tertiary/aromatic N) is 2. The van der Waals surface area contributed by atoms with Gasteiger partial charge in [0, 0.05) is 22.9 Å². The van der Waals surface area contributed by atoms with Crippen LogP contribution >= 0.6 is 0 Å². The molecule has 0 N–H and O–H groups in total. The Kier molecular flexibility index (Phi) is 3.92. The molecule has 0 fully saturated rings. The fourth-order valence-electron chi connectivity index (χ4n) is 3.52. The van der Waals surface area contributed by atoms with Gasteiger partial charge in [-0.15, -0.1) is 0 Å². The van der Waals surface area contributed by atoms with E-state index in [-0.39, 0.29) is 0 Å². The molecule has 2 aromatic heterocycles. The normalized spacial score (nSPS) is 11.0. The van der Waals surface area contributed by atoms with Crippen molar-refractivity contribution in [3.05, 3.63) is 77.8 Å². The number of benzene rings is 2. The molecule has 2 heterocycles. The summed E-state index contributed by atoms with van der Waals surface area (Å²) in [6.07, 6.45) is 2.04. The number of fused-ring (bicyclic) bond motifs is 3. The average molecular weight is 341 g/mol. The van der Waals surface area contributed by atoms with Gasteiger partial charge in [0.25, 0.3) is 0 Å². The van der Waals surface area contributed by atoms with E-state index in [9.17, 15) is 0 Å². The number of aliphatic imine (C=N–C) groups is 1. The van der Waals surface area contributed by atoms with Crippen molar-refractivity contribution < 1.29 is 8.98 Å². The molecule has 0 bridgehead atoms. The third kappa shape index (κ3) is 2.44. The lowest BCUT2D eigenvalue weighted by atomic mass is 10.0. The smallest absolute Gasteiger partial charge is 0.216 e. The van der Waals surface area contributed by atoms with Crippen LogP contribution in [-0.4, -0.2) is 6.72 Å². The average Bonchev–Trinajstić information content (AvgIpc) is 3.01. The standard InChI is InChI=1S/C23H21N2O/c1-15(2)20(19-11-7-8-14-25(19)4)23-21(24-3)18-13-12-16-9-5-6-10-17(16)22(18)26-23/h5-14H,3H2,1-2,4H3/q+1. The predicted molar refractivity (Wildman–Crippen MR) is 108 cm³/mol. The van der Waals surface area contributed by atoms with E-state index in [4.69, 9.17) is 4.42 Å². The van der Waals surface area contributed by atoms with Gasteiger partial charge < -0.3 is 4.42 Å². The Morgan fingerprint density at radius 3 is 2.46 bits per heavy atom. The topological polar surface area (TPSA) is 29.4 Å². The molecular weight excluding hydrogens is 320 g/mol. The molecule has 0 radical (unpaired) electrons. The van der Waals surface area contributed by atoms with Gasteiger partial charge in [0.05, 0.1) is 5.57 Å². The summed E-state index contributed by atoms with van der Waals surface area (Å²) >= 11 is 0. The zero-order valence-corrected chi connectivity index (χ0v) is 15.3. The number of pyridine rings is 1. The molecule has 4 rings (SSSR count).